The molecule has 0 bridgehead atoms. The van der Waals surface area contributed by atoms with Gasteiger partial charge in [-0.15, -0.1) is 0 Å². The minimum atomic E-state index is -1.49. The van der Waals surface area contributed by atoms with E-state index in [0.717, 1.165) is 18.2 Å². The van der Waals surface area contributed by atoms with Crippen molar-refractivity contribution in [2.45, 2.75) is 12.2 Å². The third-order valence-corrected chi connectivity index (χ3v) is 2.06. The van der Waals surface area contributed by atoms with E-state index in [0.29, 0.717) is 0 Å². The van der Waals surface area contributed by atoms with E-state index in [1.807, 2.05) is 0 Å². The molecule has 0 fully saturated rings. The molecule has 1 rings (SSSR count). The number of nitrogens with zero attached hydrogens (tertiary/aromatic N) is 1. The molecule has 0 amide bonds. The quantitative estimate of drug-likeness (QED) is 0.504. The zero-order valence-corrected chi connectivity index (χ0v) is 8.08. The van der Waals surface area contributed by atoms with Gasteiger partial charge < -0.3 is 15.3 Å². The molecule has 1 aromatic carbocycles. The standard InChI is InChI=1S/C9H10FNO5/c10-6-3-5(9(14)8(13)4-12)1-2-7(6)11(15)16/h1-3,8-9,12-14H,4H2. The zero-order chi connectivity index (χ0) is 12.3. The highest BCUT2D eigenvalue weighted by atomic mass is 19.1. The predicted molar refractivity (Wildman–Crippen MR) is 51.1 cm³/mol. The fourth-order valence-corrected chi connectivity index (χ4v) is 1.18. The minimum Gasteiger partial charge on any atom is -0.394 e. The SMILES string of the molecule is O=[N+]([O-])c1ccc(C(O)C(O)CO)cc1F. The molecule has 6 nitrogen and oxygen atoms in total. The van der Waals surface area contributed by atoms with Crippen LogP contribution in [-0.2, 0) is 0 Å². The first-order valence-electron chi connectivity index (χ1n) is 4.38. The Kier molecular flexibility index (Phi) is 3.88. The second-order valence-electron chi connectivity index (χ2n) is 3.16. The van der Waals surface area contributed by atoms with Crippen molar-refractivity contribution < 1.29 is 24.6 Å². The van der Waals surface area contributed by atoms with Crippen LogP contribution >= 0.6 is 0 Å². The molecule has 2 unspecified atom stereocenters. The van der Waals surface area contributed by atoms with Crippen LogP contribution in [0.5, 0.6) is 0 Å². The molecule has 0 aliphatic carbocycles. The zero-order valence-electron chi connectivity index (χ0n) is 8.08. The summed E-state index contributed by atoms with van der Waals surface area (Å²) in [7, 11) is 0. The second-order valence-corrected chi connectivity index (χ2v) is 3.16. The molecular formula is C9H10FNO5. The maximum absolute atomic E-state index is 13.1. The number of hydrogen-bond acceptors (Lipinski definition) is 5. The number of halogens is 1. The van der Waals surface area contributed by atoms with Crippen LogP contribution < -0.4 is 0 Å². The molecule has 0 saturated carbocycles. The van der Waals surface area contributed by atoms with Gasteiger partial charge in [-0.1, -0.05) is 0 Å². The monoisotopic (exact) mass is 231 g/mol. The van der Waals surface area contributed by atoms with E-state index in [2.05, 4.69) is 0 Å². The lowest BCUT2D eigenvalue weighted by atomic mass is 10.0. The van der Waals surface area contributed by atoms with E-state index < -0.39 is 35.2 Å². The van der Waals surface area contributed by atoms with Gasteiger partial charge in [-0.25, -0.2) is 0 Å². The Morgan fingerprint density at radius 1 is 1.44 bits per heavy atom. The summed E-state index contributed by atoms with van der Waals surface area (Å²) in [5.74, 6) is -1.10. The lowest BCUT2D eigenvalue weighted by molar-refractivity contribution is -0.387. The first-order chi connectivity index (χ1) is 7.47. The summed E-state index contributed by atoms with van der Waals surface area (Å²) in [5, 5.41) is 37.4. The highest BCUT2D eigenvalue weighted by molar-refractivity contribution is 5.36. The predicted octanol–water partition coefficient (Wildman–Crippen LogP) is 0.120. The summed E-state index contributed by atoms with van der Waals surface area (Å²) in [4.78, 5) is 9.41. The van der Waals surface area contributed by atoms with Crippen LogP contribution in [-0.4, -0.2) is 33.0 Å². The minimum absolute atomic E-state index is 0.0374. The number of hydrogen-bond donors (Lipinski definition) is 3. The average Bonchev–Trinajstić information content (AvgIpc) is 2.26. The molecule has 1 aromatic rings. The number of benzene rings is 1. The smallest absolute Gasteiger partial charge is 0.304 e. The Balaban J connectivity index is 3.01. The molecule has 0 aliphatic rings. The van der Waals surface area contributed by atoms with Crippen molar-refractivity contribution in [3.63, 3.8) is 0 Å². The van der Waals surface area contributed by atoms with Crippen LogP contribution in [0.15, 0.2) is 18.2 Å². The van der Waals surface area contributed by atoms with Crippen LogP contribution in [0, 0.1) is 15.9 Å². The number of nitro groups is 1. The Morgan fingerprint density at radius 3 is 2.50 bits per heavy atom. The van der Waals surface area contributed by atoms with Crippen molar-refractivity contribution in [2.75, 3.05) is 6.61 Å². The first kappa shape index (κ1) is 12.5. The van der Waals surface area contributed by atoms with Gasteiger partial charge in [-0.05, 0) is 17.7 Å². The molecule has 3 N–H and O–H groups in total. The van der Waals surface area contributed by atoms with E-state index >= 15 is 0 Å². The van der Waals surface area contributed by atoms with Crippen molar-refractivity contribution in [3.8, 4) is 0 Å². The van der Waals surface area contributed by atoms with E-state index in [-0.39, 0.29) is 5.56 Å². The van der Waals surface area contributed by atoms with Gasteiger partial charge in [0.05, 0.1) is 11.5 Å². The van der Waals surface area contributed by atoms with E-state index in [1.54, 1.807) is 0 Å². The summed E-state index contributed by atoms with van der Waals surface area (Å²) in [6.45, 7) is -0.695. The van der Waals surface area contributed by atoms with E-state index in [9.17, 15) is 19.6 Å². The van der Waals surface area contributed by atoms with Crippen LogP contribution in [0.25, 0.3) is 0 Å². The van der Waals surface area contributed by atoms with E-state index in [1.165, 1.54) is 0 Å². The normalized spacial score (nSPS) is 14.5. The summed E-state index contributed by atoms with van der Waals surface area (Å²) < 4.78 is 13.1. The summed E-state index contributed by atoms with van der Waals surface area (Å²) in [6, 6.07) is 2.75. The molecule has 88 valence electrons. The fraction of sp³-hybridized carbons (Fsp3) is 0.333. The summed E-state index contributed by atoms with van der Waals surface area (Å²) in [5.41, 5.74) is -0.751. The van der Waals surface area contributed by atoms with Crippen molar-refractivity contribution in [1.29, 1.82) is 0 Å². The average molecular weight is 231 g/mol. The molecule has 16 heavy (non-hydrogen) atoms. The van der Waals surface area contributed by atoms with Gasteiger partial charge in [-0.2, -0.15) is 4.39 Å². The van der Waals surface area contributed by atoms with E-state index in [4.69, 9.17) is 10.2 Å². The van der Waals surface area contributed by atoms with Crippen LogP contribution in [0.1, 0.15) is 11.7 Å². The van der Waals surface area contributed by atoms with Crippen LogP contribution in [0.4, 0.5) is 10.1 Å². The number of aliphatic hydroxyl groups is 3. The molecule has 2 atom stereocenters. The molecule has 0 aliphatic heterocycles. The van der Waals surface area contributed by atoms with Crippen molar-refractivity contribution in [1.82, 2.24) is 0 Å². The third kappa shape index (κ3) is 2.51. The third-order valence-electron chi connectivity index (χ3n) is 2.06. The first-order valence-corrected chi connectivity index (χ1v) is 4.38. The van der Waals surface area contributed by atoms with Crippen molar-refractivity contribution >= 4 is 5.69 Å². The summed E-state index contributed by atoms with van der Waals surface area (Å²) in [6.07, 6.45) is -2.94. The van der Waals surface area contributed by atoms with Crippen molar-refractivity contribution in [2.24, 2.45) is 0 Å². The van der Waals surface area contributed by atoms with Gasteiger partial charge in [-0.3, -0.25) is 10.1 Å². The largest absolute Gasteiger partial charge is 0.394 e. The molecule has 0 heterocycles. The van der Waals surface area contributed by atoms with Gasteiger partial charge in [0.25, 0.3) is 0 Å². The van der Waals surface area contributed by atoms with Gasteiger partial charge in [0, 0.05) is 6.07 Å². The highest BCUT2D eigenvalue weighted by Gasteiger charge is 2.21. The van der Waals surface area contributed by atoms with Crippen LogP contribution in [0.3, 0.4) is 0 Å². The maximum Gasteiger partial charge on any atom is 0.304 e. The lowest BCUT2D eigenvalue weighted by Gasteiger charge is -2.15. The Morgan fingerprint density at radius 2 is 2.06 bits per heavy atom. The molecular weight excluding hydrogens is 221 g/mol. The molecule has 7 heteroatoms. The summed E-state index contributed by atoms with van der Waals surface area (Å²) >= 11 is 0. The molecule has 0 radical (unpaired) electrons. The fourth-order valence-electron chi connectivity index (χ4n) is 1.18. The number of aliphatic hydroxyl groups excluding tert-OH is 3. The highest BCUT2D eigenvalue weighted by Crippen LogP contribution is 2.23. The van der Waals surface area contributed by atoms with Gasteiger partial charge in [0.15, 0.2) is 0 Å². The Labute approximate surface area is 89.7 Å². The van der Waals surface area contributed by atoms with Gasteiger partial charge in [0.1, 0.15) is 12.2 Å². The Bertz CT molecular complexity index is 397. The maximum atomic E-state index is 13.1. The van der Waals surface area contributed by atoms with Crippen LogP contribution in [0.2, 0.25) is 0 Å². The molecule has 0 spiro atoms. The molecule has 0 saturated heterocycles. The topological polar surface area (TPSA) is 104 Å². The van der Waals surface area contributed by atoms with Gasteiger partial charge in [0.2, 0.25) is 5.82 Å². The Hall–Kier alpha value is -1.57. The number of rotatable bonds is 4. The number of nitro benzene ring substituents is 1. The second kappa shape index (κ2) is 4.97. The molecule has 0 aromatic heterocycles. The van der Waals surface area contributed by atoms with Gasteiger partial charge >= 0.3 is 5.69 Å². The lowest BCUT2D eigenvalue weighted by Crippen LogP contribution is -2.22. The van der Waals surface area contributed by atoms with Crippen molar-refractivity contribution in [3.05, 3.63) is 39.7 Å².